The van der Waals surface area contributed by atoms with Gasteiger partial charge in [-0.05, 0) is 110 Å². The zero-order chi connectivity index (χ0) is 38.5. The number of fused-ring (bicyclic) bond motifs is 8. The van der Waals surface area contributed by atoms with E-state index in [1.54, 1.807) is 26.0 Å². The van der Waals surface area contributed by atoms with Crippen LogP contribution in [0.1, 0.15) is 97.9 Å². The lowest BCUT2D eigenvalue weighted by atomic mass is 9.91. The van der Waals surface area contributed by atoms with Crippen LogP contribution in [-0.4, -0.2) is 48.1 Å². The molecule has 0 spiro atoms. The maximum absolute atomic E-state index is 11.7. The number of hydrogen-bond donors (Lipinski definition) is 4. The highest BCUT2D eigenvalue weighted by Gasteiger charge is 2.20. The fourth-order valence-electron chi connectivity index (χ4n) is 6.97. The van der Waals surface area contributed by atoms with Gasteiger partial charge < -0.3 is 30.3 Å². The number of hydrogen-bond acceptors (Lipinski definition) is 8. The van der Waals surface area contributed by atoms with Gasteiger partial charge in [0.2, 0.25) is 0 Å². The topological polar surface area (TPSA) is 117 Å². The minimum absolute atomic E-state index is 0.0217. The maximum atomic E-state index is 11.7. The summed E-state index contributed by atoms with van der Waals surface area (Å²) in [6.45, 7) is 9.35. The van der Waals surface area contributed by atoms with Gasteiger partial charge in [-0.25, -0.2) is 0 Å². The number of para-hydroxylation sites is 4. The number of aromatic hydroxyl groups is 2. The van der Waals surface area contributed by atoms with Gasteiger partial charge in [0.25, 0.3) is 0 Å². The van der Waals surface area contributed by atoms with E-state index in [0.717, 1.165) is 106 Å². The van der Waals surface area contributed by atoms with Gasteiger partial charge in [-0.2, -0.15) is 0 Å². The summed E-state index contributed by atoms with van der Waals surface area (Å²) in [5.74, 6) is 2.13. The molecule has 0 saturated heterocycles. The number of unbranched alkanes of at least 4 members (excludes halogenated alkanes) is 2. The second-order valence-electron chi connectivity index (χ2n) is 14.2. The Kier molecular flexibility index (Phi) is 14.4. The number of rotatable bonds is 16. The minimum atomic E-state index is 0.0217. The Labute approximate surface area is 319 Å². The highest BCUT2D eigenvalue weighted by atomic mass is 16.5. The summed E-state index contributed by atoms with van der Waals surface area (Å²) in [6.07, 6.45) is 8.47. The number of benzene rings is 4. The average molecular weight is 731 g/mol. The zero-order valence-electron chi connectivity index (χ0n) is 32.1. The van der Waals surface area contributed by atoms with Crippen molar-refractivity contribution >= 4 is 11.6 Å². The highest BCUT2D eigenvalue weighted by molar-refractivity contribution is 5.88. The van der Waals surface area contributed by atoms with Crippen LogP contribution in [0.4, 0.5) is 0 Å². The van der Waals surface area contributed by atoms with Crippen molar-refractivity contribution in [2.24, 2.45) is 0 Å². The van der Waals surface area contributed by atoms with Crippen LogP contribution < -0.4 is 20.1 Å². The van der Waals surface area contributed by atoms with Gasteiger partial charge in [-0.3, -0.25) is 9.59 Å². The quantitative estimate of drug-likeness (QED) is 0.0593. The number of carbonyl (C=O) groups excluding carboxylic acids is 2. The van der Waals surface area contributed by atoms with E-state index in [4.69, 9.17) is 9.47 Å². The fourth-order valence-corrected chi connectivity index (χ4v) is 6.97. The Morgan fingerprint density at radius 3 is 1.11 bits per heavy atom. The van der Waals surface area contributed by atoms with Crippen LogP contribution in [0.15, 0.2) is 96.3 Å². The first-order chi connectivity index (χ1) is 26.1. The molecule has 0 amide bonds. The molecule has 0 aromatic heterocycles. The molecule has 54 heavy (non-hydrogen) atoms. The Hall–Kier alpha value is -5.50. The number of ketones is 2. The summed E-state index contributed by atoms with van der Waals surface area (Å²) in [6, 6.07) is 24.1. The molecule has 0 fully saturated rings. The second-order valence-corrected chi connectivity index (χ2v) is 14.2. The van der Waals surface area contributed by atoms with Gasteiger partial charge in [0.15, 0.2) is 11.6 Å². The lowest BCUT2D eigenvalue weighted by Crippen LogP contribution is -2.15. The molecule has 0 heterocycles. The van der Waals surface area contributed by atoms with Crippen LogP contribution in [0.25, 0.3) is 0 Å². The van der Waals surface area contributed by atoms with Gasteiger partial charge >= 0.3 is 0 Å². The predicted octanol–water partition coefficient (Wildman–Crippen LogP) is 8.26. The number of nitrogens with one attached hydrogen (secondary N) is 2. The van der Waals surface area contributed by atoms with E-state index in [1.165, 1.54) is 0 Å². The van der Waals surface area contributed by atoms with Crippen LogP contribution in [0.3, 0.4) is 0 Å². The van der Waals surface area contributed by atoms with E-state index in [9.17, 15) is 19.8 Å². The van der Waals surface area contributed by atoms with Crippen molar-refractivity contribution in [2.75, 3.05) is 26.3 Å². The van der Waals surface area contributed by atoms with E-state index in [0.29, 0.717) is 38.9 Å². The summed E-state index contributed by atoms with van der Waals surface area (Å²) in [4.78, 5) is 22.7. The third kappa shape index (κ3) is 11.3. The molecule has 4 aromatic rings. The molecule has 8 bridgehead atoms. The van der Waals surface area contributed by atoms with E-state index in [2.05, 4.69) is 10.6 Å². The minimum Gasteiger partial charge on any atom is -0.507 e. The molecule has 8 nitrogen and oxygen atoms in total. The van der Waals surface area contributed by atoms with Crippen LogP contribution in [0, 0.1) is 0 Å². The lowest BCUT2D eigenvalue weighted by Gasteiger charge is -2.20. The molecular formula is C46H54N2O6. The zero-order valence-corrected chi connectivity index (χ0v) is 32.1. The molecule has 0 saturated carbocycles. The normalized spacial score (nSPS) is 12.9. The maximum Gasteiger partial charge on any atom is 0.154 e. The van der Waals surface area contributed by atoms with Crippen molar-refractivity contribution in [3.63, 3.8) is 0 Å². The number of carbonyl (C=O) groups is 2. The van der Waals surface area contributed by atoms with Crippen molar-refractivity contribution in [1.29, 1.82) is 0 Å². The van der Waals surface area contributed by atoms with Crippen molar-refractivity contribution in [1.82, 2.24) is 10.6 Å². The Bertz CT molecular complexity index is 1770. The monoisotopic (exact) mass is 730 g/mol. The number of allylic oxidation sites excluding steroid dienone is 4. The van der Waals surface area contributed by atoms with Crippen LogP contribution >= 0.6 is 0 Å². The molecule has 0 atom stereocenters. The third-order valence-corrected chi connectivity index (χ3v) is 9.57. The van der Waals surface area contributed by atoms with E-state index in [1.807, 2.05) is 86.6 Å². The Morgan fingerprint density at radius 2 is 0.815 bits per heavy atom. The summed E-state index contributed by atoms with van der Waals surface area (Å²) in [7, 11) is 0. The number of phenols is 2. The molecular weight excluding hydrogens is 677 g/mol. The smallest absolute Gasteiger partial charge is 0.154 e. The van der Waals surface area contributed by atoms with Gasteiger partial charge in [0, 0.05) is 50.2 Å². The average Bonchev–Trinajstić information content (AvgIpc) is 3.12. The third-order valence-electron chi connectivity index (χ3n) is 9.57. The van der Waals surface area contributed by atoms with Gasteiger partial charge in [0.05, 0.1) is 13.2 Å². The van der Waals surface area contributed by atoms with Gasteiger partial charge in [-0.15, -0.1) is 0 Å². The predicted molar refractivity (Wildman–Crippen MR) is 215 cm³/mol. The molecule has 0 unspecified atom stereocenters. The first-order valence-corrected chi connectivity index (χ1v) is 19.0. The van der Waals surface area contributed by atoms with E-state index >= 15 is 0 Å². The first-order valence-electron chi connectivity index (χ1n) is 19.0. The molecule has 0 aliphatic heterocycles. The van der Waals surface area contributed by atoms with E-state index < -0.39 is 0 Å². The van der Waals surface area contributed by atoms with E-state index in [-0.39, 0.29) is 23.1 Å². The number of ether oxygens (including phenoxy) is 2. The summed E-state index contributed by atoms with van der Waals surface area (Å²) in [5, 5.41) is 30.0. The first kappa shape index (κ1) is 39.7. The fraction of sp³-hybridized carbons (Fsp3) is 0.348. The highest BCUT2D eigenvalue weighted by Crippen LogP contribution is 2.38. The standard InChI is InChI=1S/C46H54N2O6/c1-31(25-33(3)49)47-21-5-7-23-53-45-39-17-11-18-40(45)28-36-14-10-16-38(44(36)52)30-42-20-12-19-41(29-37-15-9-13-35(27-39)43(37)51)46(42)54-24-8-6-22-48-32(2)26-34(4)50/h9-20,25-26,47-48,51-52H,5-8,21-24,27-30H2,1-4H3/b31-25+,32-26+. The van der Waals surface area contributed by atoms with Crippen LogP contribution in [-0.2, 0) is 35.3 Å². The van der Waals surface area contributed by atoms with Gasteiger partial charge in [-0.1, -0.05) is 72.8 Å². The van der Waals surface area contributed by atoms with Crippen LogP contribution in [0.2, 0.25) is 0 Å². The van der Waals surface area contributed by atoms with Crippen LogP contribution in [0.5, 0.6) is 23.0 Å². The van der Waals surface area contributed by atoms with Crippen molar-refractivity contribution < 1.29 is 29.3 Å². The van der Waals surface area contributed by atoms with Crippen molar-refractivity contribution in [3.8, 4) is 23.0 Å². The molecule has 8 heteroatoms. The Balaban J connectivity index is 1.41. The van der Waals surface area contributed by atoms with Crippen molar-refractivity contribution in [3.05, 3.63) is 141 Å². The lowest BCUT2D eigenvalue weighted by molar-refractivity contribution is -0.113. The summed E-state index contributed by atoms with van der Waals surface area (Å²) >= 11 is 0. The molecule has 5 rings (SSSR count). The SMILES string of the molecule is CC(=O)/C=C(\C)NCCCCOc1c2cccc1Cc1cccc(c1O)Cc1cccc(c1OCCCCN/C(C)=C/C(C)=O)Cc1cccc(c1O)C2. The molecule has 1 aliphatic carbocycles. The van der Waals surface area contributed by atoms with Crippen molar-refractivity contribution in [2.45, 2.75) is 79.1 Å². The molecule has 0 radical (unpaired) electrons. The Morgan fingerprint density at radius 1 is 0.519 bits per heavy atom. The number of phenolic OH excluding ortho intramolecular Hbond substituents is 2. The molecule has 1 aliphatic rings. The molecule has 4 aromatic carbocycles. The summed E-state index contributed by atoms with van der Waals surface area (Å²) in [5.41, 5.74) is 8.81. The van der Waals surface area contributed by atoms with Gasteiger partial charge in [0.1, 0.15) is 23.0 Å². The largest absolute Gasteiger partial charge is 0.507 e. The molecule has 4 N–H and O–H groups in total. The molecule has 284 valence electrons. The summed E-state index contributed by atoms with van der Waals surface area (Å²) < 4.78 is 13.1. The second kappa shape index (κ2) is 19.5.